The van der Waals surface area contributed by atoms with Gasteiger partial charge in [-0.25, -0.2) is 13.4 Å². The molecule has 0 saturated carbocycles. The van der Waals surface area contributed by atoms with E-state index in [1.54, 1.807) is 19.1 Å². The van der Waals surface area contributed by atoms with Gasteiger partial charge in [0.25, 0.3) is 0 Å². The van der Waals surface area contributed by atoms with Crippen molar-refractivity contribution < 1.29 is 8.42 Å². The molecule has 0 aliphatic carbocycles. The van der Waals surface area contributed by atoms with Crippen LogP contribution in [-0.4, -0.2) is 26.2 Å². The van der Waals surface area contributed by atoms with Crippen LogP contribution in [-0.2, 0) is 10.0 Å². The van der Waals surface area contributed by atoms with E-state index in [4.69, 9.17) is 11.6 Å². The zero-order valence-corrected chi connectivity index (χ0v) is 9.51. The molecule has 0 N–H and O–H groups in total. The van der Waals surface area contributed by atoms with E-state index in [0.717, 1.165) is 4.31 Å². The minimum atomic E-state index is -3.26. The minimum absolute atomic E-state index is 0.0364. The molecule has 0 aliphatic rings. The second-order valence-corrected chi connectivity index (χ2v) is 5.33. The van der Waals surface area contributed by atoms with Gasteiger partial charge in [0.2, 0.25) is 10.0 Å². The van der Waals surface area contributed by atoms with Crippen LogP contribution in [0.3, 0.4) is 0 Å². The molecule has 14 heavy (non-hydrogen) atoms. The van der Waals surface area contributed by atoms with Crippen molar-refractivity contribution in [3.05, 3.63) is 23.5 Å². The standard InChI is InChI=1S/C8H11ClN2O2S/c1-3-14(12,13)11(2)7-5-4-6-10-8(7)9/h4-6H,3H2,1-2H3. The van der Waals surface area contributed by atoms with Gasteiger partial charge in [-0.1, -0.05) is 11.6 Å². The van der Waals surface area contributed by atoms with Crippen LogP contribution in [0.1, 0.15) is 6.92 Å². The highest BCUT2D eigenvalue weighted by atomic mass is 35.5. The molecule has 1 heterocycles. The van der Waals surface area contributed by atoms with Crippen molar-refractivity contribution in [2.75, 3.05) is 17.1 Å². The Morgan fingerprint density at radius 2 is 2.21 bits per heavy atom. The number of pyridine rings is 1. The number of sulfonamides is 1. The summed E-state index contributed by atoms with van der Waals surface area (Å²) in [5, 5.41) is 0.187. The highest BCUT2D eigenvalue weighted by molar-refractivity contribution is 7.92. The SMILES string of the molecule is CCS(=O)(=O)N(C)c1cccnc1Cl. The van der Waals surface area contributed by atoms with Gasteiger partial charge >= 0.3 is 0 Å². The lowest BCUT2D eigenvalue weighted by Crippen LogP contribution is -2.28. The summed E-state index contributed by atoms with van der Waals surface area (Å²) in [5.74, 6) is 0.0364. The Morgan fingerprint density at radius 1 is 1.57 bits per heavy atom. The maximum absolute atomic E-state index is 11.5. The van der Waals surface area contributed by atoms with E-state index < -0.39 is 10.0 Å². The van der Waals surface area contributed by atoms with Crippen LogP contribution in [0.15, 0.2) is 18.3 Å². The Bertz CT molecular complexity index is 419. The summed E-state index contributed by atoms with van der Waals surface area (Å²) in [4.78, 5) is 3.81. The fraction of sp³-hybridized carbons (Fsp3) is 0.375. The van der Waals surface area contributed by atoms with Crippen molar-refractivity contribution in [2.24, 2.45) is 0 Å². The van der Waals surface area contributed by atoms with Gasteiger partial charge in [-0.2, -0.15) is 0 Å². The van der Waals surface area contributed by atoms with Gasteiger partial charge in [-0.05, 0) is 19.1 Å². The van der Waals surface area contributed by atoms with Crippen molar-refractivity contribution in [3.8, 4) is 0 Å². The molecule has 0 aliphatic heterocycles. The molecule has 0 fully saturated rings. The lowest BCUT2D eigenvalue weighted by atomic mass is 10.4. The van der Waals surface area contributed by atoms with Crippen molar-refractivity contribution in [1.82, 2.24) is 4.98 Å². The molecule has 4 nitrogen and oxygen atoms in total. The molecule has 1 aromatic rings. The average Bonchev–Trinajstić information content (AvgIpc) is 2.17. The van der Waals surface area contributed by atoms with Gasteiger partial charge in [0, 0.05) is 13.2 Å². The molecule has 0 radical (unpaired) electrons. The normalized spacial score (nSPS) is 11.4. The fourth-order valence-corrected chi connectivity index (χ4v) is 2.09. The largest absolute Gasteiger partial charge is 0.270 e. The Hall–Kier alpha value is -0.810. The van der Waals surface area contributed by atoms with Crippen LogP contribution in [0, 0.1) is 0 Å². The number of rotatable bonds is 3. The molecule has 0 atom stereocenters. The molecule has 0 bridgehead atoms. The van der Waals surface area contributed by atoms with E-state index in [-0.39, 0.29) is 10.9 Å². The minimum Gasteiger partial charge on any atom is -0.270 e. The first-order valence-electron chi connectivity index (χ1n) is 4.06. The molecule has 0 aromatic carbocycles. The molecular formula is C8H11ClN2O2S. The van der Waals surface area contributed by atoms with Crippen molar-refractivity contribution >= 4 is 27.3 Å². The number of aromatic nitrogens is 1. The number of anilines is 1. The third-order valence-corrected chi connectivity index (χ3v) is 3.91. The maximum atomic E-state index is 11.5. The first kappa shape index (κ1) is 11.3. The van der Waals surface area contributed by atoms with Crippen LogP contribution in [0.25, 0.3) is 0 Å². The Kier molecular flexibility index (Phi) is 3.34. The van der Waals surface area contributed by atoms with E-state index in [1.165, 1.54) is 13.2 Å². The van der Waals surface area contributed by atoms with E-state index >= 15 is 0 Å². The Labute approximate surface area is 88.6 Å². The lowest BCUT2D eigenvalue weighted by molar-refractivity contribution is 0.595. The number of nitrogens with zero attached hydrogens (tertiary/aromatic N) is 2. The highest BCUT2D eigenvalue weighted by Gasteiger charge is 2.18. The zero-order chi connectivity index (χ0) is 10.8. The van der Waals surface area contributed by atoms with Gasteiger partial charge in [-0.15, -0.1) is 0 Å². The van der Waals surface area contributed by atoms with Gasteiger partial charge in [0.15, 0.2) is 5.15 Å². The van der Waals surface area contributed by atoms with Gasteiger partial charge in [0.05, 0.1) is 11.4 Å². The third kappa shape index (κ3) is 2.16. The van der Waals surface area contributed by atoms with E-state index in [2.05, 4.69) is 4.98 Å². The summed E-state index contributed by atoms with van der Waals surface area (Å²) in [5.41, 5.74) is 0.399. The molecule has 1 aromatic heterocycles. The predicted molar refractivity (Wildman–Crippen MR) is 57.1 cm³/mol. The van der Waals surface area contributed by atoms with Crippen molar-refractivity contribution in [3.63, 3.8) is 0 Å². The summed E-state index contributed by atoms with van der Waals surface area (Å²) in [6.45, 7) is 1.58. The van der Waals surface area contributed by atoms with Gasteiger partial charge in [0.1, 0.15) is 0 Å². The van der Waals surface area contributed by atoms with E-state index in [0.29, 0.717) is 5.69 Å². The van der Waals surface area contributed by atoms with Crippen molar-refractivity contribution in [1.29, 1.82) is 0 Å². The molecule has 0 saturated heterocycles. The molecular weight excluding hydrogens is 224 g/mol. The fourth-order valence-electron chi connectivity index (χ4n) is 0.956. The van der Waals surface area contributed by atoms with Crippen LogP contribution in [0.4, 0.5) is 5.69 Å². The second kappa shape index (κ2) is 4.14. The van der Waals surface area contributed by atoms with E-state index in [9.17, 15) is 8.42 Å². The van der Waals surface area contributed by atoms with Crippen LogP contribution in [0.5, 0.6) is 0 Å². The molecule has 0 amide bonds. The summed E-state index contributed by atoms with van der Waals surface area (Å²) in [6.07, 6.45) is 1.51. The quantitative estimate of drug-likeness (QED) is 0.746. The summed E-state index contributed by atoms with van der Waals surface area (Å²) in [7, 11) is -1.80. The zero-order valence-electron chi connectivity index (χ0n) is 7.94. The summed E-state index contributed by atoms with van der Waals surface area (Å²) < 4.78 is 24.1. The lowest BCUT2D eigenvalue weighted by Gasteiger charge is -2.18. The summed E-state index contributed by atoms with van der Waals surface area (Å²) >= 11 is 5.76. The molecule has 0 unspecified atom stereocenters. The highest BCUT2D eigenvalue weighted by Crippen LogP contribution is 2.23. The number of hydrogen-bond donors (Lipinski definition) is 0. The van der Waals surface area contributed by atoms with Crippen LogP contribution in [0.2, 0.25) is 5.15 Å². The van der Waals surface area contributed by atoms with Gasteiger partial charge < -0.3 is 0 Å². The number of halogens is 1. The molecule has 0 spiro atoms. The number of hydrogen-bond acceptors (Lipinski definition) is 3. The maximum Gasteiger partial charge on any atom is 0.234 e. The first-order chi connectivity index (χ1) is 6.49. The Balaban J connectivity index is 3.14. The van der Waals surface area contributed by atoms with Crippen molar-refractivity contribution in [2.45, 2.75) is 6.92 Å². The molecule has 1 rings (SSSR count). The van der Waals surface area contributed by atoms with E-state index in [1.807, 2.05) is 0 Å². The molecule has 6 heteroatoms. The third-order valence-electron chi connectivity index (χ3n) is 1.86. The smallest absolute Gasteiger partial charge is 0.234 e. The first-order valence-corrected chi connectivity index (χ1v) is 6.05. The van der Waals surface area contributed by atoms with Gasteiger partial charge in [-0.3, -0.25) is 4.31 Å². The Morgan fingerprint density at radius 3 is 2.71 bits per heavy atom. The topological polar surface area (TPSA) is 50.3 Å². The summed E-state index contributed by atoms with van der Waals surface area (Å²) in [6, 6.07) is 3.26. The van der Waals surface area contributed by atoms with Crippen LogP contribution >= 0.6 is 11.6 Å². The second-order valence-electron chi connectivity index (χ2n) is 2.68. The molecule has 78 valence electrons. The average molecular weight is 235 g/mol. The van der Waals surface area contributed by atoms with Crippen LogP contribution < -0.4 is 4.31 Å². The predicted octanol–water partition coefficient (Wildman–Crippen LogP) is 1.52. The monoisotopic (exact) mass is 234 g/mol.